The van der Waals surface area contributed by atoms with E-state index in [1.807, 2.05) is 6.92 Å². The van der Waals surface area contributed by atoms with Crippen LogP contribution in [0.15, 0.2) is 42.5 Å². The second-order valence-corrected chi connectivity index (χ2v) is 7.51. The third-order valence-electron chi connectivity index (χ3n) is 4.75. The number of hydrogen-bond donors (Lipinski definition) is 2. The van der Waals surface area contributed by atoms with Crippen LogP contribution in [0.4, 0.5) is 11.4 Å². The fourth-order valence-corrected chi connectivity index (χ4v) is 3.60. The Kier molecular flexibility index (Phi) is 7.30. The summed E-state index contributed by atoms with van der Waals surface area (Å²) in [5.41, 5.74) is 3.26. The van der Waals surface area contributed by atoms with E-state index in [9.17, 15) is 4.79 Å². The van der Waals surface area contributed by atoms with E-state index in [0.29, 0.717) is 15.8 Å². The summed E-state index contributed by atoms with van der Waals surface area (Å²) in [6, 6.07) is 13.5. The van der Waals surface area contributed by atoms with Gasteiger partial charge in [-0.2, -0.15) is 0 Å². The second kappa shape index (κ2) is 9.91. The first kappa shape index (κ1) is 21.4. The predicted molar refractivity (Wildman–Crippen MR) is 120 cm³/mol. The Hall–Kier alpha value is -2.35. The summed E-state index contributed by atoms with van der Waals surface area (Å²) in [4.78, 5) is 14.1. The van der Waals surface area contributed by atoms with Crippen LogP contribution >= 0.6 is 23.8 Å². The zero-order valence-electron chi connectivity index (χ0n) is 16.4. The van der Waals surface area contributed by atoms with Gasteiger partial charge in [0.15, 0.2) is 5.11 Å². The fourth-order valence-electron chi connectivity index (χ4n) is 3.11. The van der Waals surface area contributed by atoms with Gasteiger partial charge in [-0.25, -0.2) is 4.79 Å². The van der Waals surface area contributed by atoms with Crippen molar-refractivity contribution in [3.8, 4) is 0 Å². The average molecular weight is 434 g/mol. The van der Waals surface area contributed by atoms with Crippen molar-refractivity contribution >= 4 is 46.3 Å². The van der Waals surface area contributed by atoms with Gasteiger partial charge >= 0.3 is 5.97 Å². The molecule has 1 heterocycles. The maximum atomic E-state index is 11.8. The monoisotopic (exact) mass is 433 g/mol. The van der Waals surface area contributed by atoms with Gasteiger partial charge in [0, 0.05) is 24.5 Å². The topological polar surface area (TPSA) is 62.8 Å². The first-order valence-corrected chi connectivity index (χ1v) is 10.1. The van der Waals surface area contributed by atoms with Crippen LogP contribution in [0.5, 0.6) is 0 Å². The van der Waals surface area contributed by atoms with Crippen molar-refractivity contribution in [2.24, 2.45) is 0 Å². The number of hydrogen-bond acceptors (Lipinski definition) is 5. The highest BCUT2D eigenvalue weighted by Crippen LogP contribution is 2.23. The number of methoxy groups -OCH3 is 1. The molecule has 0 saturated carbocycles. The van der Waals surface area contributed by atoms with E-state index in [2.05, 4.69) is 39.8 Å². The van der Waals surface area contributed by atoms with E-state index in [-0.39, 0.29) is 11.6 Å². The molecule has 2 N–H and O–H groups in total. The normalized spacial score (nSPS) is 14.8. The van der Waals surface area contributed by atoms with Gasteiger partial charge in [-0.3, -0.25) is 0 Å². The molecule has 1 fully saturated rings. The Balaban J connectivity index is 1.59. The van der Waals surface area contributed by atoms with E-state index < -0.39 is 5.97 Å². The van der Waals surface area contributed by atoms with E-state index >= 15 is 0 Å². The minimum Gasteiger partial charge on any atom is -0.465 e. The number of nitrogens with zero attached hydrogens (tertiary/aromatic N) is 1. The molecule has 2 aromatic rings. The van der Waals surface area contributed by atoms with Crippen molar-refractivity contribution in [3.05, 3.63) is 58.6 Å². The van der Waals surface area contributed by atoms with Crippen molar-refractivity contribution in [1.29, 1.82) is 0 Å². The van der Waals surface area contributed by atoms with Gasteiger partial charge in [0.2, 0.25) is 0 Å². The molecular weight excluding hydrogens is 410 g/mol. The summed E-state index contributed by atoms with van der Waals surface area (Å²) in [7, 11) is 1.32. The second-order valence-electron chi connectivity index (χ2n) is 6.70. The highest BCUT2D eigenvalue weighted by Gasteiger charge is 2.14. The third kappa shape index (κ3) is 5.59. The Morgan fingerprint density at radius 3 is 2.55 bits per heavy atom. The third-order valence-corrected chi connectivity index (χ3v) is 5.30. The molecule has 0 aliphatic carbocycles. The van der Waals surface area contributed by atoms with E-state index in [4.69, 9.17) is 33.3 Å². The lowest BCUT2D eigenvalue weighted by Gasteiger charge is -2.29. The smallest absolute Gasteiger partial charge is 0.339 e. The summed E-state index contributed by atoms with van der Waals surface area (Å²) in [5, 5.41) is 7.12. The zero-order valence-corrected chi connectivity index (χ0v) is 18.0. The number of rotatable bonds is 5. The lowest BCUT2D eigenvalue weighted by molar-refractivity contribution is 0.0601. The number of carbonyl (C=O) groups excluding carboxylic acids is 1. The van der Waals surface area contributed by atoms with E-state index in [1.165, 1.54) is 12.8 Å². The molecule has 0 bridgehead atoms. The Bertz CT molecular complexity index is 870. The Morgan fingerprint density at radius 1 is 1.21 bits per heavy atom. The molecule has 3 rings (SSSR count). The summed E-state index contributed by atoms with van der Waals surface area (Å²) in [6.45, 7) is 5.40. The van der Waals surface area contributed by atoms with Crippen LogP contribution in [0.2, 0.25) is 5.02 Å². The first-order valence-electron chi connectivity index (χ1n) is 9.36. The van der Waals surface area contributed by atoms with Crippen LogP contribution in [0.25, 0.3) is 0 Å². The molecule has 8 heteroatoms. The standard InChI is InChI=1S/C21H24ClN3O3S/c1-14(15-3-6-17(7-4-15)25-9-11-28-12-10-25)23-21(29)24-16-5-8-19(22)18(13-16)20(26)27-2/h3-8,13-14H,9-12H2,1-2H3,(H2,23,24,29)/t14-/m1/s1. The number of anilines is 2. The molecule has 0 aromatic heterocycles. The fraction of sp³-hybridized carbons (Fsp3) is 0.333. The van der Waals surface area contributed by atoms with E-state index in [0.717, 1.165) is 31.9 Å². The number of morpholine rings is 1. The van der Waals surface area contributed by atoms with Gasteiger partial charge < -0.3 is 25.0 Å². The van der Waals surface area contributed by atoms with Crippen molar-refractivity contribution in [3.63, 3.8) is 0 Å². The van der Waals surface area contributed by atoms with Crippen molar-refractivity contribution < 1.29 is 14.3 Å². The molecule has 29 heavy (non-hydrogen) atoms. The SMILES string of the molecule is COC(=O)c1cc(NC(=S)N[C@H](C)c2ccc(N3CCOCC3)cc2)ccc1Cl. The van der Waals surface area contributed by atoms with E-state index in [1.54, 1.807) is 18.2 Å². The van der Waals surface area contributed by atoms with Crippen LogP contribution in [-0.4, -0.2) is 44.5 Å². The lowest BCUT2D eigenvalue weighted by Crippen LogP contribution is -2.36. The summed E-state index contributed by atoms with van der Waals surface area (Å²) in [6.07, 6.45) is 0. The van der Waals surface area contributed by atoms with Crippen molar-refractivity contribution in [2.75, 3.05) is 43.6 Å². The number of carbonyl (C=O) groups is 1. The predicted octanol–water partition coefficient (Wildman–Crippen LogP) is 4.01. The van der Waals surface area contributed by atoms with Crippen molar-refractivity contribution in [2.45, 2.75) is 13.0 Å². The lowest BCUT2D eigenvalue weighted by atomic mass is 10.1. The van der Waals surface area contributed by atoms with Crippen LogP contribution in [-0.2, 0) is 9.47 Å². The molecule has 0 amide bonds. The number of nitrogens with one attached hydrogen (secondary N) is 2. The number of esters is 1. The van der Waals surface area contributed by atoms with Crippen LogP contribution in [0.3, 0.4) is 0 Å². The highest BCUT2D eigenvalue weighted by atomic mass is 35.5. The van der Waals surface area contributed by atoms with Gasteiger partial charge in [0.05, 0.1) is 37.0 Å². The first-order chi connectivity index (χ1) is 14.0. The molecule has 1 aliphatic rings. The Labute approximate surface area is 181 Å². The minimum absolute atomic E-state index is 0.0149. The van der Waals surface area contributed by atoms with Gasteiger partial charge in [0.1, 0.15) is 0 Å². The number of benzene rings is 2. The van der Waals surface area contributed by atoms with Gasteiger partial charge in [-0.15, -0.1) is 0 Å². The summed E-state index contributed by atoms with van der Waals surface area (Å²) >= 11 is 11.5. The molecule has 1 saturated heterocycles. The molecule has 0 unspecified atom stereocenters. The molecule has 1 aliphatic heterocycles. The van der Waals surface area contributed by atoms with Gasteiger partial charge in [-0.05, 0) is 55.0 Å². The van der Waals surface area contributed by atoms with Crippen LogP contribution < -0.4 is 15.5 Å². The quantitative estimate of drug-likeness (QED) is 0.545. The highest BCUT2D eigenvalue weighted by molar-refractivity contribution is 7.80. The van der Waals surface area contributed by atoms with Crippen molar-refractivity contribution in [1.82, 2.24) is 5.32 Å². The average Bonchev–Trinajstić information content (AvgIpc) is 2.75. The van der Waals surface area contributed by atoms with Crippen LogP contribution in [0, 0.1) is 0 Å². The molecular formula is C21H24ClN3O3S. The molecule has 154 valence electrons. The number of thiocarbonyl (C=S) groups is 1. The Morgan fingerprint density at radius 2 is 1.90 bits per heavy atom. The molecule has 6 nitrogen and oxygen atoms in total. The van der Waals surface area contributed by atoms with Crippen LogP contribution in [0.1, 0.15) is 28.9 Å². The molecule has 0 radical (unpaired) electrons. The summed E-state index contributed by atoms with van der Waals surface area (Å²) < 4.78 is 10.1. The number of ether oxygens (including phenoxy) is 2. The molecule has 0 spiro atoms. The largest absolute Gasteiger partial charge is 0.465 e. The zero-order chi connectivity index (χ0) is 20.8. The number of halogens is 1. The van der Waals surface area contributed by atoms with Gasteiger partial charge in [-0.1, -0.05) is 23.7 Å². The summed E-state index contributed by atoms with van der Waals surface area (Å²) in [5.74, 6) is -0.494. The maximum Gasteiger partial charge on any atom is 0.339 e. The maximum absolute atomic E-state index is 11.8. The molecule has 2 aromatic carbocycles. The minimum atomic E-state index is -0.494. The van der Waals surface area contributed by atoms with Gasteiger partial charge in [0.25, 0.3) is 0 Å². The molecule has 1 atom stereocenters.